The highest BCUT2D eigenvalue weighted by Crippen LogP contribution is 2.43. The highest BCUT2D eigenvalue weighted by molar-refractivity contribution is 14.1. The van der Waals surface area contributed by atoms with E-state index in [9.17, 15) is 5.11 Å². The molecule has 0 aromatic heterocycles. The van der Waals surface area contributed by atoms with Crippen molar-refractivity contribution in [2.75, 3.05) is 13.1 Å². The van der Waals surface area contributed by atoms with Crippen LogP contribution in [0.4, 0.5) is 0 Å². The van der Waals surface area contributed by atoms with Gasteiger partial charge in [0, 0.05) is 12.6 Å². The Morgan fingerprint density at radius 1 is 1.26 bits per heavy atom. The quantitative estimate of drug-likeness (QED) is 0.310. The summed E-state index contributed by atoms with van der Waals surface area (Å²) in [6.45, 7) is 14.9. The summed E-state index contributed by atoms with van der Waals surface area (Å²) in [5, 5.41) is 11.7. The lowest BCUT2D eigenvalue weighted by atomic mass is 9.79. The maximum atomic E-state index is 11.7. The van der Waals surface area contributed by atoms with Gasteiger partial charge in [-0.15, -0.1) is 0 Å². The first-order valence-electron chi connectivity index (χ1n) is 13.0. The molecular formula is C29H42INO4. The first-order chi connectivity index (χ1) is 16.5. The van der Waals surface area contributed by atoms with Crippen LogP contribution in [0.3, 0.4) is 0 Å². The van der Waals surface area contributed by atoms with E-state index < -0.39 is 17.5 Å². The third kappa shape index (κ3) is 5.88. The Kier molecular flexibility index (Phi) is 8.51. The predicted molar refractivity (Wildman–Crippen MR) is 148 cm³/mol. The molecule has 194 valence electrons. The van der Waals surface area contributed by atoms with E-state index >= 15 is 0 Å². The van der Waals surface area contributed by atoms with Gasteiger partial charge in [0.2, 0.25) is 0 Å². The van der Waals surface area contributed by atoms with Crippen molar-refractivity contribution in [2.45, 2.75) is 103 Å². The molecule has 3 saturated heterocycles. The monoisotopic (exact) mass is 595 g/mol. The standard InChI is InChI=1S/C29H42INO4/c1-19(14-15-20(2)26-21(3)34-28(4,5)35-26)25(30)23-17-31-16-10-13-24(31)29(6,27(23)32)33-18-22-11-8-7-9-12-22/h7-9,11-12,15,19,21,24,26-27,32H,10,13-14,16-18H2,1-6H3/b20-15+,25-23-/t19-,21-,24+,26-,27-,29-/m1/s1. The third-order valence-corrected chi connectivity index (χ3v) is 9.71. The van der Waals surface area contributed by atoms with Gasteiger partial charge in [0.05, 0.1) is 12.7 Å². The van der Waals surface area contributed by atoms with Crippen molar-refractivity contribution in [1.29, 1.82) is 0 Å². The Morgan fingerprint density at radius 3 is 2.63 bits per heavy atom. The van der Waals surface area contributed by atoms with Gasteiger partial charge in [-0.3, -0.25) is 4.90 Å². The van der Waals surface area contributed by atoms with Gasteiger partial charge in [0.1, 0.15) is 17.8 Å². The Labute approximate surface area is 225 Å². The maximum Gasteiger partial charge on any atom is 0.164 e. The van der Waals surface area contributed by atoms with E-state index in [0.29, 0.717) is 12.5 Å². The molecule has 4 rings (SSSR count). The van der Waals surface area contributed by atoms with Crippen LogP contribution in [-0.2, 0) is 20.8 Å². The van der Waals surface area contributed by atoms with E-state index in [-0.39, 0.29) is 18.2 Å². The number of hydrogen-bond acceptors (Lipinski definition) is 5. The lowest BCUT2D eigenvalue weighted by molar-refractivity contribution is -0.158. The molecule has 0 saturated carbocycles. The Morgan fingerprint density at radius 2 is 1.97 bits per heavy atom. The van der Waals surface area contributed by atoms with Crippen molar-refractivity contribution in [3.05, 3.63) is 56.7 Å². The Balaban J connectivity index is 1.50. The minimum Gasteiger partial charge on any atom is -0.386 e. The van der Waals surface area contributed by atoms with Gasteiger partial charge >= 0.3 is 0 Å². The molecule has 1 aromatic rings. The first kappa shape index (κ1) is 27.3. The molecule has 0 bridgehead atoms. The van der Waals surface area contributed by atoms with Crippen LogP contribution < -0.4 is 0 Å². The molecule has 0 amide bonds. The molecule has 6 atom stereocenters. The minimum atomic E-state index is -0.627. The topological polar surface area (TPSA) is 51.2 Å². The number of aliphatic hydroxyl groups is 1. The zero-order valence-electron chi connectivity index (χ0n) is 22.1. The van der Waals surface area contributed by atoms with Gasteiger partial charge in [-0.2, -0.15) is 0 Å². The van der Waals surface area contributed by atoms with Gasteiger partial charge in [-0.1, -0.05) is 43.3 Å². The fourth-order valence-corrected chi connectivity index (χ4v) is 6.71. The summed E-state index contributed by atoms with van der Waals surface area (Å²) < 4.78 is 19.9. The molecule has 3 fully saturated rings. The molecule has 0 unspecified atom stereocenters. The van der Waals surface area contributed by atoms with Crippen LogP contribution in [-0.4, -0.2) is 58.8 Å². The average molecular weight is 596 g/mol. The number of rotatable bonds is 7. The second-order valence-corrected chi connectivity index (χ2v) is 12.4. The summed E-state index contributed by atoms with van der Waals surface area (Å²) in [5.41, 5.74) is 2.84. The number of halogens is 1. The van der Waals surface area contributed by atoms with E-state index in [2.05, 4.69) is 73.4 Å². The molecule has 0 aliphatic carbocycles. The molecule has 1 N–H and O–H groups in total. The number of benzene rings is 1. The number of allylic oxidation sites excluding steroid dienone is 2. The van der Waals surface area contributed by atoms with Gasteiger partial charge in [-0.25, -0.2) is 0 Å². The van der Waals surface area contributed by atoms with Crippen molar-refractivity contribution in [3.8, 4) is 0 Å². The van der Waals surface area contributed by atoms with Gasteiger partial charge in [0.15, 0.2) is 5.79 Å². The summed E-state index contributed by atoms with van der Waals surface area (Å²) in [6.07, 6.45) is 4.83. The normalized spacial score (nSPS) is 35.7. The number of fused-ring (bicyclic) bond motifs is 1. The van der Waals surface area contributed by atoms with Crippen LogP contribution in [0.1, 0.15) is 66.4 Å². The van der Waals surface area contributed by atoms with E-state index in [1.54, 1.807) is 0 Å². The van der Waals surface area contributed by atoms with Crippen LogP contribution >= 0.6 is 22.6 Å². The molecule has 6 heteroatoms. The number of piperidine rings is 1. The number of ether oxygens (including phenoxy) is 3. The minimum absolute atomic E-state index is 0.0113. The van der Waals surface area contributed by atoms with Crippen LogP contribution in [0.25, 0.3) is 0 Å². The zero-order chi connectivity index (χ0) is 25.4. The molecule has 5 nitrogen and oxygen atoms in total. The Bertz CT molecular complexity index is 945. The lowest BCUT2D eigenvalue weighted by Crippen LogP contribution is -2.62. The van der Waals surface area contributed by atoms with Gasteiger partial charge in [-0.05, 0) is 109 Å². The molecule has 0 spiro atoms. The fraction of sp³-hybridized carbons (Fsp3) is 0.655. The van der Waals surface area contributed by atoms with Crippen LogP contribution in [0.2, 0.25) is 0 Å². The van der Waals surface area contributed by atoms with E-state index in [1.165, 1.54) is 9.15 Å². The summed E-state index contributed by atoms with van der Waals surface area (Å²) in [6, 6.07) is 10.5. The summed E-state index contributed by atoms with van der Waals surface area (Å²) in [5.74, 6) is -0.234. The molecule has 0 radical (unpaired) electrons. The summed E-state index contributed by atoms with van der Waals surface area (Å²) >= 11 is 2.47. The van der Waals surface area contributed by atoms with Crippen molar-refractivity contribution in [1.82, 2.24) is 4.90 Å². The number of nitrogens with zero attached hydrogens (tertiary/aromatic N) is 1. The predicted octanol–water partition coefficient (Wildman–Crippen LogP) is 6.00. The fourth-order valence-electron chi connectivity index (χ4n) is 5.99. The Hall–Kier alpha value is -0.770. The molecule has 3 aliphatic heterocycles. The highest BCUT2D eigenvalue weighted by atomic mass is 127. The van der Waals surface area contributed by atoms with E-state index in [0.717, 1.165) is 43.5 Å². The zero-order valence-corrected chi connectivity index (χ0v) is 24.2. The van der Waals surface area contributed by atoms with Crippen LogP contribution in [0.15, 0.2) is 51.1 Å². The molecule has 1 aromatic carbocycles. The average Bonchev–Trinajstić information content (AvgIpc) is 3.42. The van der Waals surface area contributed by atoms with Crippen molar-refractivity contribution < 1.29 is 19.3 Å². The lowest BCUT2D eigenvalue weighted by Gasteiger charge is -2.49. The molecule has 35 heavy (non-hydrogen) atoms. The second-order valence-electron chi connectivity index (χ2n) is 11.2. The smallest absolute Gasteiger partial charge is 0.164 e. The molecule has 3 heterocycles. The van der Waals surface area contributed by atoms with Crippen molar-refractivity contribution in [3.63, 3.8) is 0 Å². The first-order valence-corrected chi connectivity index (χ1v) is 14.1. The summed E-state index contributed by atoms with van der Waals surface area (Å²) in [4.78, 5) is 2.52. The van der Waals surface area contributed by atoms with Gasteiger partial charge in [0.25, 0.3) is 0 Å². The number of hydrogen-bond donors (Lipinski definition) is 1. The third-order valence-electron chi connectivity index (χ3n) is 7.95. The van der Waals surface area contributed by atoms with Crippen LogP contribution in [0.5, 0.6) is 0 Å². The van der Waals surface area contributed by atoms with Crippen molar-refractivity contribution in [2.24, 2.45) is 5.92 Å². The number of aliphatic hydroxyl groups excluding tert-OH is 1. The second kappa shape index (κ2) is 10.9. The highest BCUT2D eigenvalue weighted by Gasteiger charge is 2.52. The van der Waals surface area contributed by atoms with Gasteiger partial charge < -0.3 is 19.3 Å². The van der Waals surface area contributed by atoms with E-state index in [1.807, 2.05) is 32.0 Å². The maximum absolute atomic E-state index is 11.7. The van der Waals surface area contributed by atoms with E-state index in [4.69, 9.17) is 14.2 Å². The largest absolute Gasteiger partial charge is 0.386 e. The summed E-state index contributed by atoms with van der Waals surface area (Å²) in [7, 11) is 0. The van der Waals surface area contributed by atoms with Crippen molar-refractivity contribution >= 4 is 22.6 Å². The molecule has 3 aliphatic rings. The van der Waals surface area contributed by atoms with Crippen LogP contribution in [0, 0.1) is 5.92 Å². The SMILES string of the molecule is C/C(=C\C[C@@H](C)/C(I)=C1\CN2CCC[C@H]2[C@@](C)(OCc2ccccc2)[C@@H]1O)[C@H]1OC(C)(C)O[C@@H]1C. The molecular weight excluding hydrogens is 553 g/mol.